The summed E-state index contributed by atoms with van der Waals surface area (Å²) in [6.07, 6.45) is 1.69. The fraction of sp³-hybridized carbons (Fsp3) is 0.308. The Morgan fingerprint density at radius 2 is 2.24 bits per heavy atom. The lowest BCUT2D eigenvalue weighted by Gasteiger charge is -2.07. The van der Waals surface area contributed by atoms with Gasteiger partial charge in [0.25, 0.3) is 0 Å². The predicted octanol–water partition coefficient (Wildman–Crippen LogP) is 2.51. The molecule has 0 saturated heterocycles. The maximum Gasteiger partial charge on any atom is 0.208 e. The van der Waals surface area contributed by atoms with Gasteiger partial charge in [0, 0.05) is 5.56 Å². The number of ether oxygens (including phenoxy) is 1. The summed E-state index contributed by atoms with van der Waals surface area (Å²) in [5, 5.41) is 0. The molecule has 0 atom stereocenters. The van der Waals surface area contributed by atoms with Crippen LogP contribution in [0, 0.1) is 6.92 Å². The first-order valence-electron chi connectivity index (χ1n) is 5.63. The van der Waals surface area contributed by atoms with E-state index in [1.165, 1.54) is 0 Å². The van der Waals surface area contributed by atoms with Crippen LogP contribution in [0.15, 0.2) is 28.8 Å². The van der Waals surface area contributed by atoms with Crippen molar-refractivity contribution in [3.8, 4) is 17.1 Å². The molecular formula is C13H16N2O2. The average molecular weight is 232 g/mol. The molecule has 17 heavy (non-hydrogen) atoms. The van der Waals surface area contributed by atoms with Crippen LogP contribution in [0.3, 0.4) is 0 Å². The van der Waals surface area contributed by atoms with Crippen molar-refractivity contribution in [2.45, 2.75) is 20.4 Å². The molecule has 0 spiro atoms. The van der Waals surface area contributed by atoms with Gasteiger partial charge in [-0.25, -0.2) is 4.98 Å². The topological polar surface area (TPSA) is 61.3 Å². The molecule has 90 valence electrons. The summed E-state index contributed by atoms with van der Waals surface area (Å²) in [4.78, 5) is 4.08. The second-order valence-electron chi connectivity index (χ2n) is 3.74. The maximum absolute atomic E-state index is 5.50. The SMILES string of the molecule is CCOc1ccc(-c2cnc(CN)o2)cc1C. The molecule has 0 aliphatic heterocycles. The molecule has 2 aromatic rings. The molecule has 0 amide bonds. The van der Waals surface area contributed by atoms with Crippen molar-refractivity contribution >= 4 is 0 Å². The van der Waals surface area contributed by atoms with E-state index >= 15 is 0 Å². The second kappa shape index (κ2) is 5.01. The number of rotatable bonds is 4. The van der Waals surface area contributed by atoms with Gasteiger partial charge in [-0.15, -0.1) is 0 Å². The summed E-state index contributed by atoms with van der Waals surface area (Å²) in [6, 6.07) is 5.92. The molecule has 4 nitrogen and oxygen atoms in total. The maximum atomic E-state index is 5.50. The van der Waals surface area contributed by atoms with Gasteiger partial charge in [-0.2, -0.15) is 0 Å². The third-order valence-electron chi connectivity index (χ3n) is 2.49. The lowest BCUT2D eigenvalue weighted by molar-refractivity contribution is 0.338. The molecule has 0 unspecified atom stereocenters. The Morgan fingerprint density at radius 1 is 1.41 bits per heavy atom. The van der Waals surface area contributed by atoms with Crippen molar-refractivity contribution in [2.24, 2.45) is 5.73 Å². The van der Waals surface area contributed by atoms with Crippen LogP contribution < -0.4 is 10.5 Å². The zero-order chi connectivity index (χ0) is 12.3. The van der Waals surface area contributed by atoms with E-state index in [1.807, 2.05) is 32.0 Å². The van der Waals surface area contributed by atoms with E-state index in [4.69, 9.17) is 14.9 Å². The van der Waals surface area contributed by atoms with E-state index in [9.17, 15) is 0 Å². The average Bonchev–Trinajstić information content (AvgIpc) is 2.80. The molecule has 2 N–H and O–H groups in total. The number of nitrogens with two attached hydrogens (primary N) is 1. The minimum atomic E-state index is 0.315. The third kappa shape index (κ3) is 2.47. The quantitative estimate of drug-likeness (QED) is 0.879. The van der Waals surface area contributed by atoms with Gasteiger partial charge in [0.2, 0.25) is 5.89 Å². The Bertz CT molecular complexity index is 506. The number of benzene rings is 1. The van der Waals surface area contributed by atoms with Crippen LogP contribution in [0.25, 0.3) is 11.3 Å². The molecule has 0 radical (unpaired) electrons. The monoisotopic (exact) mass is 232 g/mol. The summed E-state index contributed by atoms with van der Waals surface area (Å²) in [5.74, 6) is 2.18. The zero-order valence-corrected chi connectivity index (χ0v) is 10.1. The fourth-order valence-corrected chi connectivity index (χ4v) is 1.66. The number of hydrogen-bond acceptors (Lipinski definition) is 4. The van der Waals surface area contributed by atoms with Crippen LogP contribution in [0.1, 0.15) is 18.4 Å². The highest BCUT2D eigenvalue weighted by Crippen LogP contribution is 2.26. The van der Waals surface area contributed by atoms with Crippen LogP contribution >= 0.6 is 0 Å². The molecule has 0 aliphatic carbocycles. The Labute approximate surface area is 100 Å². The van der Waals surface area contributed by atoms with Crippen molar-refractivity contribution < 1.29 is 9.15 Å². The van der Waals surface area contributed by atoms with Crippen LogP contribution in [-0.4, -0.2) is 11.6 Å². The number of nitrogens with zero attached hydrogens (tertiary/aromatic N) is 1. The molecule has 0 bridgehead atoms. The van der Waals surface area contributed by atoms with Crippen molar-refractivity contribution in [3.63, 3.8) is 0 Å². The van der Waals surface area contributed by atoms with E-state index < -0.39 is 0 Å². The predicted molar refractivity (Wildman–Crippen MR) is 65.7 cm³/mol. The molecular weight excluding hydrogens is 216 g/mol. The van der Waals surface area contributed by atoms with Crippen molar-refractivity contribution in [2.75, 3.05) is 6.61 Å². The number of aryl methyl sites for hydroxylation is 1. The van der Waals surface area contributed by atoms with Crippen LogP contribution in [0.5, 0.6) is 5.75 Å². The zero-order valence-electron chi connectivity index (χ0n) is 10.1. The molecule has 1 heterocycles. The smallest absolute Gasteiger partial charge is 0.208 e. The van der Waals surface area contributed by atoms with Crippen LogP contribution in [0.2, 0.25) is 0 Å². The molecule has 4 heteroatoms. The third-order valence-corrected chi connectivity index (χ3v) is 2.49. The van der Waals surface area contributed by atoms with Gasteiger partial charge in [0.05, 0.1) is 19.3 Å². The Balaban J connectivity index is 2.30. The van der Waals surface area contributed by atoms with Gasteiger partial charge >= 0.3 is 0 Å². The van der Waals surface area contributed by atoms with Gasteiger partial charge < -0.3 is 14.9 Å². The molecule has 0 saturated carbocycles. The van der Waals surface area contributed by atoms with Gasteiger partial charge in [0.15, 0.2) is 5.76 Å². The first-order chi connectivity index (χ1) is 8.24. The Kier molecular flexibility index (Phi) is 3.44. The highest BCUT2D eigenvalue weighted by molar-refractivity contribution is 5.59. The second-order valence-corrected chi connectivity index (χ2v) is 3.74. The van der Waals surface area contributed by atoms with E-state index in [-0.39, 0.29) is 0 Å². The summed E-state index contributed by atoms with van der Waals surface area (Å²) in [6.45, 7) is 4.96. The summed E-state index contributed by atoms with van der Waals surface area (Å²) < 4.78 is 11.0. The number of aromatic nitrogens is 1. The normalized spacial score (nSPS) is 10.5. The summed E-state index contributed by atoms with van der Waals surface area (Å²) in [5.41, 5.74) is 7.52. The standard InChI is InChI=1S/C13H16N2O2/c1-3-16-11-5-4-10(6-9(11)2)12-8-15-13(7-14)17-12/h4-6,8H,3,7,14H2,1-2H3. The highest BCUT2D eigenvalue weighted by atomic mass is 16.5. The van der Waals surface area contributed by atoms with E-state index in [1.54, 1.807) is 6.20 Å². The van der Waals surface area contributed by atoms with E-state index in [0.29, 0.717) is 19.0 Å². The van der Waals surface area contributed by atoms with Gasteiger partial charge in [-0.3, -0.25) is 0 Å². The fourth-order valence-electron chi connectivity index (χ4n) is 1.66. The largest absolute Gasteiger partial charge is 0.494 e. The Hall–Kier alpha value is -1.81. The first kappa shape index (κ1) is 11.7. The number of oxazole rings is 1. The van der Waals surface area contributed by atoms with Crippen molar-refractivity contribution in [1.82, 2.24) is 4.98 Å². The first-order valence-corrected chi connectivity index (χ1v) is 5.63. The molecule has 1 aromatic carbocycles. The molecule has 0 fully saturated rings. The van der Waals surface area contributed by atoms with Gasteiger partial charge in [-0.1, -0.05) is 0 Å². The minimum Gasteiger partial charge on any atom is -0.494 e. The minimum absolute atomic E-state index is 0.315. The lowest BCUT2D eigenvalue weighted by atomic mass is 10.1. The van der Waals surface area contributed by atoms with Gasteiger partial charge in [-0.05, 0) is 37.6 Å². The van der Waals surface area contributed by atoms with Crippen LogP contribution in [-0.2, 0) is 6.54 Å². The molecule has 2 rings (SSSR count). The summed E-state index contributed by atoms with van der Waals surface area (Å²) in [7, 11) is 0. The number of hydrogen-bond donors (Lipinski definition) is 1. The molecule has 0 aliphatic rings. The summed E-state index contributed by atoms with van der Waals surface area (Å²) >= 11 is 0. The lowest BCUT2D eigenvalue weighted by Crippen LogP contribution is -1.95. The van der Waals surface area contributed by atoms with Crippen molar-refractivity contribution in [1.29, 1.82) is 0 Å². The van der Waals surface area contributed by atoms with E-state index in [2.05, 4.69) is 4.98 Å². The highest BCUT2D eigenvalue weighted by Gasteiger charge is 2.07. The van der Waals surface area contributed by atoms with Crippen molar-refractivity contribution in [3.05, 3.63) is 35.9 Å². The van der Waals surface area contributed by atoms with Gasteiger partial charge in [0.1, 0.15) is 5.75 Å². The molecule has 1 aromatic heterocycles. The van der Waals surface area contributed by atoms with Crippen LogP contribution in [0.4, 0.5) is 0 Å². The van der Waals surface area contributed by atoms with E-state index in [0.717, 1.165) is 22.6 Å². The Morgan fingerprint density at radius 3 is 2.82 bits per heavy atom.